The van der Waals surface area contributed by atoms with Crippen molar-refractivity contribution in [2.75, 3.05) is 19.7 Å². The van der Waals surface area contributed by atoms with Gasteiger partial charge in [0, 0.05) is 26.1 Å². The molecule has 1 aromatic carbocycles. The lowest BCUT2D eigenvalue weighted by atomic mass is 9.94. The van der Waals surface area contributed by atoms with E-state index in [0.717, 1.165) is 43.7 Å². The molecule has 1 N–H and O–H groups in total. The van der Waals surface area contributed by atoms with Crippen molar-refractivity contribution in [3.05, 3.63) is 29.8 Å². The van der Waals surface area contributed by atoms with E-state index in [-0.39, 0.29) is 18.6 Å². The number of ether oxygens (including phenoxy) is 1. The number of carbonyl (C=O) groups is 1. The van der Waals surface area contributed by atoms with E-state index in [1.165, 1.54) is 0 Å². The van der Waals surface area contributed by atoms with Gasteiger partial charge in [0.15, 0.2) is 6.10 Å². The summed E-state index contributed by atoms with van der Waals surface area (Å²) >= 11 is 0. The molecule has 2 heterocycles. The highest BCUT2D eigenvalue weighted by atomic mass is 16.5. The number of hydrogen-bond donors (Lipinski definition) is 1. The standard InChI is InChI=1S/C16H21NO3/c18-9-7-12-4-3-8-17(11-12)16(19)15-10-13-5-1-2-6-14(13)20-15/h1-2,5-6,12,15,18H,3-4,7-11H2. The average molecular weight is 275 g/mol. The minimum atomic E-state index is -0.361. The number of para-hydroxylation sites is 1. The van der Waals surface area contributed by atoms with E-state index in [0.29, 0.717) is 12.3 Å². The predicted octanol–water partition coefficient (Wildman–Crippen LogP) is 1.61. The van der Waals surface area contributed by atoms with Crippen LogP contribution in [0.3, 0.4) is 0 Å². The SMILES string of the molecule is O=C(C1Cc2ccccc2O1)N1CCCC(CCO)C1. The van der Waals surface area contributed by atoms with E-state index < -0.39 is 0 Å². The fourth-order valence-corrected chi connectivity index (χ4v) is 3.21. The van der Waals surface area contributed by atoms with Gasteiger partial charge in [0.2, 0.25) is 0 Å². The number of carbonyl (C=O) groups excluding carboxylic acids is 1. The fourth-order valence-electron chi connectivity index (χ4n) is 3.21. The van der Waals surface area contributed by atoms with E-state index in [2.05, 4.69) is 0 Å². The smallest absolute Gasteiger partial charge is 0.264 e. The van der Waals surface area contributed by atoms with Crippen molar-refractivity contribution in [2.45, 2.75) is 31.8 Å². The Morgan fingerprint density at radius 1 is 1.40 bits per heavy atom. The lowest BCUT2D eigenvalue weighted by molar-refractivity contribution is -0.139. The zero-order chi connectivity index (χ0) is 13.9. The largest absolute Gasteiger partial charge is 0.480 e. The minimum absolute atomic E-state index is 0.101. The van der Waals surface area contributed by atoms with Crippen LogP contribution in [0.5, 0.6) is 5.75 Å². The Hall–Kier alpha value is -1.55. The maximum absolute atomic E-state index is 12.6. The fraction of sp³-hybridized carbons (Fsp3) is 0.562. The van der Waals surface area contributed by atoms with Gasteiger partial charge < -0.3 is 14.7 Å². The first-order chi connectivity index (χ1) is 9.78. The summed E-state index contributed by atoms with van der Waals surface area (Å²) in [4.78, 5) is 14.5. The van der Waals surface area contributed by atoms with Crippen molar-refractivity contribution in [1.82, 2.24) is 4.90 Å². The Kier molecular flexibility index (Phi) is 3.92. The first kappa shape index (κ1) is 13.4. The molecule has 3 rings (SSSR count). The van der Waals surface area contributed by atoms with Gasteiger partial charge >= 0.3 is 0 Å². The molecule has 2 aliphatic rings. The van der Waals surface area contributed by atoms with Gasteiger partial charge in [-0.15, -0.1) is 0 Å². The van der Waals surface area contributed by atoms with Gasteiger partial charge in [-0.3, -0.25) is 4.79 Å². The van der Waals surface area contributed by atoms with Crippen LogP contribution in [0, 0.1) is 5.92 Å². The predicted molar refractivity (Wildman–Crippen MR) is 75.6 cm³/mol. The van der Waals surface area contributed by atoms with Gasteiger partial charge in [0.1, 0.15) is 5.75 Å². The van der Waals surface area contributed by atoms with Crippen LogP contribution in [0.15, 0.2) is 24.3 Å². The van der Waals surface area contributed by atoms with Crippen molar-refractivity contribution < 1.29 is 14.6 Å². The normalized spacial score (nSPS) is 25.1. The van der Waals surface area contributed by atoms with Crippen molar-refractivity contribution in [1.29, 1.82) is 0 Å². The molecule has 0 bridgehead atoms. The van der Waals surface area contributed by atoms with E-state index in [9.17, 15) is 4.79 Å². The molecule has 20 heavy (non-hydrogen) atoms. The Bertz CT molecular complexity index is 461. The van der Waals surface area contributed by atoms with Crippen LogP contribution in [-0.2, 0) is 11.2 Å². The first-order valence-corrected chi connectivity index (χ1v) is 7.42. The number of piperidine rings is 1. The topological polar surface area (TPSA) is 49.8 Å². The number of aliphatic hydroxyl groups is 1. The highest BCUT2D eigenvalue weighted by molar-refractivity contribution is 5.82. The summed E-state index contributed by atoms with van der Waals surface area (Å²) < 4.78 is 5.78. The molecule has 0 saturated carbocycles. The molecule has 4 heteroatoms. The van der Waals surface area contributed by atoms with Gasteiger partial charge in [0.05, 0.1) is 0 Å². The van der Waals surface area contributed by atoms with Crippen molar-refractivity contribution in [2.24, 2.45) is 5.92 Å². The average Bonchev–Trinajstić information content (AvgIpc) is 2.91. The lowest BCUT2D eigenvalue weighted by Crippen LogP contribution is -2.46. The molecule has 0 aromatic heterocycles. The van der Waals surface area contributed by atoms with Gasteiger partial charge in [-0.25, -0.2) is 0 Å². The zero-order valence-electron chi connectivity index (χ0n) is 11.6. The Morgan fingerprint density at radius 3 is 3.05 bits per heavy atom. The number of rotatable bonds is 3. The van der Waals surface area contributed by atoms with Gasteiger partial charge in [-0.2, -0.15) is 0 Å². The van der Waals surface area contributed by atoms with E-state index >= 15 is 0 Å². The number of hydrogen-bond acceptors (Lipinski definition) is 3. The monoisotopic (exact) mass is 275 g/mol. The summed E-state index contributed by atoms with van der Waals surface area (Å²) in [5.74, 6) is 1.38. The van der Waals surface area contributed by atoms with Crippen LogP contribution < -0.4 is 4.74 Å². The molecule has 0 spiro atoms. The number of nitrogens with zero attached hydrogens (tertiary/aromatic N) is 1. The van der Waals surface area contributed by atoms with E-state index in [4.69, 9.17) is 9.84 Å². The zero-order valence-corrected chi connectivity index (χ0v) is 11.6. The summed E-state index contributed by atoms with van der Waals surface area (Å²) in [5.41, 5.74) is 1.12. The summed E-state index contributed by atoms with van der Waals surface area (Å²) in [5, 5.41) is 9.05. The van der Waals surface area contributed by atoms with E-state index in [1.807, 2.05) is 29.2 Å². The molecule has 1 saturated heterocycles. The maximum Gasteiger partial charge on any atom is 0.264 e. The highest BCUT2D eigenvalue weighted by Gasteiger charge is 2.34. The molecule has 2 unspecified atom stereocenters. The van der Waals surface area contributed by atoms with Gasteiger partial charge in [-0.1, -0.05) is 18.2 Å². The van der Waals surface area contributed by atoms with Crippen LogP contribution >= 0.6 is 0 Å². The van der Waals surface area contributed by atoms with Crippen LogP contribution in [0.1, 0.15) is 24.8 Å². The second-order valence-electron chi connectivity index (χ2n) is 5.72. The summed E-state index contributed by atoms with van der Waals surface area (Å²) in [7, 11) is 0. The molecule has 2 atom stereocenters. The molecular formula is C16H21NO3. The van der Waals surface area contributed by atoms with Crippen LogP contribution in [-0.4, -0.2) is 41.7 Å². The van der Waals surface area contributed by atoms with Crippen LogP contribution in [0.25, 0.3) is 0 Å². The third kappa shape index (κ3) is 2.66. The Balaban J connectivity index is 1.63. The molecule has 4 nitrogen and oxygen atoms in total. The number of benzene rings is 1. The van der Waals surface area contributed by atoms with Crippen molar-refractivity contribution in [3.63, 3.8) is 0 Å². The number of likely N-dealkylation sites (tertiary alicyclic amines) is 1. The molecule has 2 aliphatic heterocycles. The van der Waals surface area contributed by atoms with Crippen LogP contribution in [0.4, 0.5) is 0 Å². The first-order valence-electron chi connectivity index (χ1n) is 7.42. The minimum Gasteiger partial charge on any atom is -0.480 e. The molecule has 108 valence electrons. The van der Waals surface area contributed by atoms with Crippen molar-refractivity contribution in [3.8, 4) is 5.75 Å². The van der Waals surface area contributed by atoms with Crippen molar-refractivity contribution >= 4 is 5.91 Å². The number of amides is 1. The number of fused-ring (bicyclic) bond motifs is 1. The highest BCUT2D eigenvalue weighted by Crippen LogP contribution is 2.30. The molecular weight excluding hydrogens is 254 g/mol. The lowest BCUT2D eigenvalue weighted by Gasteiger charge is -2.33. The second-order valence-corrected chi connectivity index (χ2v) is 5.72. The van der Waals surface area contributed by atoms with Crippen LogP contribution in [0.2, 0.25) is 0 Å². The quantitative estimate of drug-likeness (QED) is 0.912. The molecule has 1 amide bonds. The van der Waals surface area contributed by atoms with Gasteiger partial charge in [0.25, 0.3) is 5.91 Å². The molecule has 0 aliphatic carbocycles. The third-order valence-corrected chi connectivity index (χ3v) is 4.29. The summed E-state index contributed by atoms with van der Waals surface area (Å²) in [6.07, 6.45) is 3.23. The maximum atomic E-state index is 12.6. The molecule has 1 fully saturated rings. The summed E-state index contributed by atoms with van der Waals surface area (Å²) in [6, 6.07) is 7.86. The second kappa shape index (κ2) is 5.83. The van der Waals surface area contributed by atoms with Gasteiger partial charge in [-0.05, 0) is 36.8 Å². The molecule has 1 aromatic rings. The number of aliphatic hydroxyl groups excluding tert-OH is 1. The Labute approximate surface area is 119 Å². The summed E-state index contributed by atoms with van der Waals surface area (Å²) in [6.45, 7) is 1.78. The molecule has 0 radical (unpaired) electrons. The van der Waals surface area contributed by atoms with E-state index in [1.54, 1.807) is 0 Å². The third-order valence-electron chi connectivity index (χ3n) is 4.29. The Morgan fingerprint density at radius 2 is 2.25 bits per heavy atom.